The number of nitrogens with zero attached hydrogens (tertiary/aromatic N) is 1. The fraction of sp³-hybridized carbons (Fsp3) is 0.722. The molecule has 0 bridgehead atoms. The van der Waals surface area contributed by atoms with E-state index in [0.717, 1.165) is 24.6 Å². The van der Waals surface area contributed by atoms with Gasteiger partial charge >= 0.3 is 6.03 Å². The summed E-state index contributed by atoms with van der Waals surface area (Å²) in [4.78, 5) is 14.6. The van der Waals surface area contributed by atoms with Crippen LogP contribution < -0.4 is 5.32 Å². The van der Waals surface area contributed by atoms with Crippen molar-refractivity contribution in [1.29, 1.82) is 0 Å². The van der Waals surface area contributed by atoms with Crippen LogP contribution in [0.15, 0.2) is 22.8 Å². The summed E-state index contributed by atoms with van der Waals surface area (Å²) < 4.78 is 5.37. The van der Waals surface area contributed by atoms with E-state index in [9.17, 15) is 4.79 Å². The highest BCUT2D eigenvalue weighted by molar-refractivity contribution is 5.75. The van der Waals surface area contributed by atoms with Gasteiger partial charge in [-0.05, 0) is 44.2 Å². The lowest BCUT2D eigenvalue weighted by molar-refractivity contribution is 0.174. The minimum atomic E-state index is -0.0709. The third kappa shape index (κ3) is 3.65. The van der Waals surface area contributed by atoms with E-state index >= 15 is 0 Å². The SMILES string of the molecule is CC(NC(=O)N1CCCC1CC1CCCCC1)c1ccco1. The Kier molecular flexibility index (Phi) is 5.06. The number of rotatable bonds is 4. The average Bonchev–Trinajstić information content (AvgIpc) is 3.19. The molecule has 0 spiro atoms. The molecular weight excluding hydrogens is 276 g/mol. The lowest BCUT2D eigenvalue weighted by atomic mass is 9.84. The zero-order chi connectivity index (χ0) is 15.4. The van der Waals surface area contributed by atoms with Crippen LogP contribution in [0.2, 0.25) is 0 Å². The molecule has 2 heterocycles. The van der Waals surface area contributed by atoms with Gasteiger partial charge in [0.1, 0.15) is 5.76 Å². The summed E-state index contributed by atoms with van der Waals surface area (Å²) in [5, 5.41) is 3.08. The second kappa shape index (κ2) is 7.21. The summed E-state index contributed by atoms with van der Waals surface area (Å²) in [5.74, 6) is 1.64. The fourth-order valence-corrected chi connectivity index (χ4v) is 4.03. The Morgan fingerprint density at radius 3 is 2.86 bits per heavy atom. The molecule has 22 heavy (non-hydrogen) atoms. The molecule has 1 aromatic heterocycles. The molecule has 1 aliphatic carbocycles. The van der Waals surface area contributed by atoms with Crippen LogP contribution in [0.5, 0.6) is 0 Å². The van der Waals surface area contributed by atoms with Crippen molar-refractivity contribution in [2.45, 2.75) is 70.4 Å². The highest BCUT2D eigenvalue weighted by Gasteiger charge is 2.31. The van der Waals surface area contributed by atoms with Crippen molar-refractivity contribution in [3.8, 4) is 0 Å². The molecule has 1 aliphatic heterocycles. The average molecular weight is 304 g/mol. The van der Waals surface area contributed by atoms with Crippen molar-refractivity contribution in [2.24, 2.45) is 5.92 Å². The van der Waals surface area contributed by atoms with Crippen LogP contribution in [-0.2, 0) is 0 Å². The highest BCUT2D eigenvalue weighted by Crippen LogP contribution is 2.32. The number of carbonyl (C=O) groups excluding carboxylic acids is 1. The van der Waals surface area contributed by atoms with E-state index in [4.69, 9.17) is 4.42 Å². The second-order valence-corrected chi connectivity index (χ2v) is 6.92. The summed E-state index contributed by atoms with van der Waals surface area (Å²) in [7, 11) is 0. The van der Waals surface area contributed by atoms with Crippen molar-refractivity contribution < 1.29 is 9.21 Å². The minimum Gasteiger partial charge on any atom is -0.467 e. The Morgan fingerprint density at radius 1 is 1.32 bits per heavy atom. The van der Waals surface area contributed by atoms with Gasteiger partial charge in [0.25, 0.3) is 0 Å². The van der Waals surface area contributed by atoms with Gasteiger partial charge in [0.05, 0.1) is 12.3 Å². The van der Waals surface area contributed by atoms with Gasteiger partial charge in [-0.25, -0.2) is 4.79 Å². The predicted molar refractivity (Wildman–Crippen MR) is 86.6 cm³/mol. The molecule has 4 heteroatoms. The third-order valence-electron chi connectivity index (χ3n) is 5.28. The maximum absolute atomic E-state index is 12.6. The maximum atomic E-state index is 12.6. The Hall–Kier alpha value is -1.45. The molecule has 0 radical (unpaired) electrons. The van der Waals surface area contributed by atoms with Gasteiger partial charge in [0.15, 0.2) is 0 Å². The first kappa shape index (κ1) is 15.4. The second-order valence-electron chi connectivity index (χ2n) is 6.92. The fourth-order valence-electron chi connectivity index (χ4n) is 4.03. The van der Waals surface area contributed by atoms with Crippen molar-refractivity contribution in [2.75, 3.05) is 6.54 Å². The minimum absolute atomic E-state index is 0.0709. The van der Waals surface area contributed by atoms with Gasteiger partial charge in [-0.1, -0.05) is 32.1 Å². The van der Waals surface area contributed by atoms with Crippen LogP contribution in [0.4, 0.5) is 4.79 Å². The van der Waals surface area contributed by atoms with Crippen LogP contribution in [0.1, 0.15) is 70.1 Å². The monoisotopic (exact) mass is 304 g/mol. The summed E-state index contributed by atoms with van der Waals surface area (Å²) in [6.07, 6.45) is 12.0. The normalized spacial score (nSPS) is 24.4. The molecule has 1 aromatic rings. The molecule has 1 saturated carbocycles. The van der Waals surface area contributed by atoms with E-state index < -0.39 is 0 Å². The van der Waals surface area contributed by atoms with E-state index in [1.165, 1.54) is 44.9 Å². The van der Waals surface area contributed by atoms with Crippen LogP contribution >= 0.6 is 0 Å². The molecule has 3 rings (SSSR count). The molecule has 2 atom stereocenters. The molecule has 122 valence electrons. The summed E-state index contributed by atoms with van der Waals surface area (Å²) in [6, 6.07) is 4.21. The quantitative estimate of drug-likeness (QED) is 0.891. The van der Waals surface area contributed by atoms with E-state index in [-0.39, 0.29) is 12.1 Å². The van der Waals surface area contributed by atoms with E-state index in [1.54, 1.807) is 6.26 Å². The first-order valence-electron chi connectivity index (χ1n) is 8.84. The number of nitrogens with one attached hydrogen (secondary N) is 1. The number of likely N-dealkylation sites (tertiary alicyclic amines) is 1. The molecule has 2 aliphatic rings. The van der Waals surface area contributed by atoms with Gasteiger partial charge in [0, 0.05) is 12.6 Å². The van der Waals surface area contributed by atoms with Crippen molar-refractivity contribution in [1.82, 2.24) is 10.2 Å². The summed E-state index contributed by atoms with van der Waals surface area (Å²) >= 11 is 0. The Labute approximate surface area is 133 Å². The number of hydrogen-bond acceptors (Lipinski definition) is 2. The molecule has 2 unspecified atom stereocenters. The largest absolute Gasteiger partial charge is 0.467 e. The maximum Gasteiger partial charge on any atom is 0.318 e. The van der Waals surface area contributed by atoms with Gasteiger partial charge < -0.3 is 14.6 Å². The topological polar surface area (TPSA) is 45.5 Å². The number of carbonyl (C=O) groups is 1. The van der Waals surface area contributed by atoms with Gasteiger partial charge in [-0.2, -0.15) is 0 Å². The number of urea groups is 1. The van der Waals surface area contributed by atoms with Gasteiger partial charge in [0.2, 0.25) is 0 Å². The molecule has 1 saturated heterocycles. The molecule has 2 amide bonds. The molecule has 0 aromatic carbocycles. The van der Waals surface area contributed by atoms with Crippen LogP contribution in [0, 0.1) is 5.92 Å². The zero-order valence-electron chi connectivity index (χ0n) is 13.6. The van der Waals surface area contributed by atoms with Crippen LogP contribution in [-0.4, -0.2) is 23.5 Å². The van der Waals surface area contributed by atoms with Crippen molar-refractivity contribution in [3.05, 3.63) is 24.2 Å². The molecular formula is C18H28N2O2. The van der Waals surface area contributed by atoms with Crippen LogP contribution in [0.3, 0.4) is 0 Å². The number of furan rings is 1. The Bertz CT molecular complexity index is 465. The Balaban J connectivity index is 1.54. The smallest absolute Gasteiger partial charge is 0.318 e. The lowest BCUT2D eigenvalue weighted by Gasteiger charge is -2.30. The van der Waals surface area contributed by atoms with E-state index in [2.05, 4.69) is 10.2 Å². The summed E-state index contributed by atoms with van der Waals surface area (Å²) in [5.41, 5.74) is 0. The molecule has 4 nitrogen and oxygen atoms in total. The number of amides is 2. The third-order valence-corrected chi connectivity index (χ3v) is 5.28. The van der Waals surface area contributed by atoms with Crippen LogP contribution in [0.25, 0.3) is 0 Å². The first-order valence-corrected chi connectivity index (χ1v) is 8.84. The van der Waals surface area contributed by atoms with E-state index in [0.29, 0.717) is 6.04 Å². The summed E-state index contributed by atoms with van der Waals surface area (Å²) in [6.45, 7) is 2.87. The predicted octanol–water partition coefficient (Wildman–Crippen LogP) is 4.49. The number of hydrogen-bond donors (Lipinski definition) is 1. The van der Waals surface area contributed by atoms with Crippen molar-refractivity contribution in [3.63, 3.8) is 0 Å². The molecule has 1 N–H and O–H groups in total. The first-order chi connectivity index (χ1) is 10.7. The Morgan fingerprint density at radius 2 is 2.14 bits per heavy atom. The zero-order valence-corrected chi connectivity index (χ0v) is 13.6. The van der Waals surface area contributed by atoms with Gasteiger partial charge in [-0.15, -0.1) is 0 Å². The molecule has 2 fully saturated rings. The van der Waals surface area contributed by atoms with E-state index in [1.807, 2.05) is 19.1 Å². The van der Waals surface area contributed by atoms with Gasteiger partial charge in [-0.3, -0.25) is 0 Å². The van der Waals surface area contributed by atoms with Crippen molar-refractivity contribution >= 4 is 6.03 Å². The lowest BCUT2D eigenvalue weighted by Crippen LogP contribution is -2.44. The standard InChI is InChI=1S/C18H28N2O2/c1-14(17-10-6-12-22-17)19-18(21)20-11-5-9-16(20)13-15-7-3-2-4-8-15/h6,10,12,14-16H,2-5,7-9,11,13H2,1H3,(H,19,21). The highest BCUT2D eigenvalue weighted by atomic mass is 16.3.